The van der Waals surface area contributed by atoms with Crippen LogP contribution in [0.4, 0.5) is 5.69 Å². The fourth-order valence-corrected chi connectivity index (χ4v) is 3.19. The van der Waals surface area contributed by atoms with E-state index in [1.807, 2.05) is 80.8 Å². The number of halogens is 1. The molecule has 0 unspecified atom stereocenters. The molecule has 0 spiro atoms. The molecule has 0 amide bonds. The van der Waals surface area contributed by atoms with Crippen molar-refractivity contribution in [3.05, 3.63) is 83.9 Å². The maximum atomic E-state index is 6.45. The molecule has 0 fully saturated rings. The largest absolute Gasteiger partial charge is 0.435 e. The quantitative estimate of drug-likeness (QED) is 0.414. The van der Waals surface area contributed by atoms with E-state index in [1.165, 1.54) is 0 Å². The van der Waals surface area contributed by atoms with Gasteiger partial charge in [0.15, 0.2) is 5.76 Å². The molecule has 0 aliphatic heterocycles. The molecule has 0 aliphatic rings. The summed E-state index contributed by atoms with van der Waals surface area (Å²) in [6.07, 6.45) is 0. The van der Waals surface area contributed by atoms with Gasteiger partial charge in [0.25, 0.3) is 0 Å². The number of anilines is 1. The lowest BCUT2D eigenvalue weighted by atomic mass is 10.1. The van der Waals surface area contributed by atoms with Crippen LogP contribution in [0, 0.1) is 0 Å². The third-order valence-corrected chi connectivity index (χ3v) is 4.75. The fourth-order valence-electron chi connectivity index (χ4n) is 2.97. The van der Waals surface area contributed by atoms with Gasteiger partial charge in [-0.3, -0.25) is 0 Å². The first-order chi connectivity index (χ1) is 13.1. The minimum Gasteiger partial charge on any atom is -0.435 e. The second-order valence-corrected chi connectivity index (χ2v) is 6.89. The summed E-state index contributed by atoms with van der Waals surface area (Å²) < 4.78 is 6.21. The molecule has 0 aliphatic carbocycles. The van der Waals surface area contributed by atoms with Crippen LogP contribution in [0.15, 0.2) is 83.3 Å². The van der Waals surface area contributed by atoms with E-state index in [4.69, 9.17) is 21.0 Å². The highest BCUT2D eigenvalue weighted by Crippen LogP contribution is 2.38. The van der Waals surface area contributed by atoms with Crippen LogP contribution >= 0.6 is 11.6 Å². The highest BCUT2D eigenvalue weighted by molar-refractivity contribution is 6.33. The Balaban J connectivity index is 1.89. The lowest BCUT2D eigenvalue weighted by Crippen LogP contribution is -2.07. The van der Waals surface area contributed by atoms with Gasteiger partial charge in [-0.2, -0.15) is 0 Å². The lowest BCUT2D eigenvalue weighted by Gasteiger charge is -2.12. The van der Waals surface area contributed by atoms with Crippen molar-refractivity contribution in [1.29, 1.82) is 0 Å². The summed E-state index contributed by atoms with van der Waals surface area (Å²) in [6.45, 7) is 0. The zero-order valence-corrected chi connectivity index (χ0v) is 15.9. The SMILES string of the molecule is CN(C)c1ccc(-c2oc(-c3ccccc3)nc2-c2ccccc2Cl)cc1. The highest BCUT2D eigenvalue weighted by Gasteiger charge is 2.19. The zero-order chi connectivity index (χ0) is 18.8. The van der Waals surface area contributed by atoms with Gasteiger partial charge in [-0.05, 0) is 42.5 Å². The summed E-state index contributed by atoms with van der Waals surface area (Å²) in [6, 6.07) is 25.8. The van der Waals surface area contributed by atoms with Crippen LogP contribution in [-0.2, 0) is 0 Å². The van der Waals surface area contributed by atoms with Gasteiger partial charge in [0, 0.05) is 36.5 Å². The van der Waals surface area contributed by atoms with Crippen LogP contribution in [0.1, 0.15) is 0 Å². The van der Waals surface area contributed by atoms with Gasteiger partial charge in [0.1, 0.15) is 5.69 Å². The molecule has 4 rings (SSSR count). The van der Waals surface area contributed by atoms with Gasteiger partial charge in [0.05, 0.1) is 5.02 Å². The molecule has 1 aromatic heterocycles. The zero-order valence-electron chi connectivity index (χ0n) is 15.2. The number of aromatic nitrogens is 1. The Labute approximate surface area is 163 Å². The molecule has 1 heterocycles. The van der Waals surface area contributed by atoms with Crippen LogP contribution < -0.4 is 4.90 Å². The summed E-state index contributed by atoms with van der Waals surface area (Å²) in [7, 11) is 4.04. The second-order valence-electron chi connectivity index (χ2n) is 6.48. The molecule has 3 aromatic carbocycles. The standard InChI is InChI=1S/C23H19ClN2O/c1-26(2)18-14-12-16(13-15-18)22-21(19-10-6-7-11-20(19)24)25-23(27-22)17-8-4-3-5-9-17/h3-15H,1-2H3. The molecule has 4 heteroatoms. The maximum Gasteiger partial charge on any atom is 0.227 e. The summed E-state index contributed by atoms with van der Waals surface area (Å²) in [4.78, 5) is 6.85. The maximum absolute atomic E-state index is 6.45. The third-order valence-electron chi connectivity index (χ3n) is 4.42. The van der Waals surface area contributed by atoms with E-state index in [0.717, 1.165) is 28.1 Å². The first-order valence-electron chi connectivity index (χ1n) is 8.72. The van der Waals surface area contributed by atoms with Crippen LogP contribution in [0.2, 0.25) is 5.02 Å². The van der Waals surface area contributed by atoms with E-state index in [9.17, 15) is 0 Å². The molecule has 3 nitrogen and oxygen atoms in total. The lowest BCUT2D eigenvalue weighted by molar-refractivity contribution is 0.589. The molecule has 0 N–H and O–H groups in total. The molecule has 0 saturated heterocycles. The minimum absolute atomic E-state index is 0.581. The van der Waals surface area contributed by atoms with Crippen molar-refractivity contribution in [3.63, 3.8) is 0 Å². The van der Waals surface area contributed by atoms with Crippen molar-refractivity contribution in [2.24, 2.45) is 0 Å². The van der Waals surface area contributed by atoms with Crippen LogP contribution in [0.25, 0.3) is 34.0 Å². The normalized spacial score (nSPS) is 10.8. The average Bonchev–Trinajstić information content (AvgIpc) is 3.14. The Kier molecular flexibility index (Phi) is 4.69. The molecule has 0 atom stereocenters. The van der Waals surface area contributed by atoms with Crippen molar-refractivity contribution in [2.75, 3.05) is 19.0 Å². The van der Waals surface area contributed by atoms with Gasteiger partial charge >= 0.3 is 0 Å². The monoisotopic (exact) mass is 374 g/mol. The Morgan fingerprint density at radius 1 is 0.778 bits per heavy atom. The molecule has 134 valence electrons. The van der Waals surface area contributed by atoms with E-state index >= 15 is 0 Å². The van der Waals surface area contributed by atoms with Gasteiger partial charge < -0.3 is 9.32 Å². The number of oxazole rings is 1. The van der Waals surface area contributed by atoms with Crippen molar-refractivity contribution in [2.45, 2.75) is 0 Å². The van der Waals surface area contributed by atoms with Crippen molar-refractivity contribution >= 4 is 17.3 Å². The van der Waals surface area contributed by atoms with Crippen LogP contribution in [0.5, 0.6) is 0 Å². The number of hydrogen-bond donors (Lipinski definition) is 0. The smallest absolute Gasteiger partial charge is 0.227 e. The first-order valence-corrected chi connectivity index (χ1v) is 9.10. The van der Waals surface area contributed by atoms with E-state index in [0.29, 0.717) is 16.7 Å². The van der Waals surface area contributed by atoms with E-state index in [2.05, 4.69) is 17.0 Å². The Morgan fingerprint density at radius 3 is 2.11 bits per heavy atom. The summed E-state index contributed by atoms with van der Waals surface area (Å²) in [5.74, 6) is 1.30. The minimum atomic E-state index is 0.581. The predicted molar refractivity (Wildman–Crippen MR) is 112 cm³/mol. The van der Waals surface area contributed by atoms with Crippen LogP contribution in [-0.4, -0.2) is 19.1 Å². The fraction of sp³-hybridized carbons (Fsp3) is 0.0870. The topological polar surface area (TPSA) is 29.3 Å². The van der Waals surface area contributed by atoms with Gasteiger partial charge in [-0.1, -0.05) is 48.0 Å². The Morgan fingerprint density at radius 2 is 1.44 bits per heavy atom. The van der Waals surface area contributed by atoms with Crippen molar-refractivity contribution in [1.82, 2.24) is 4.98 Å². The predicted octanol–water partition coefficient (Wildman–Crippen LogP) is 6.40. The van der Waals surface area contributed by atoms with E-state index < -0.39 is 0 Å². The Hall–Kier alpha value is -3.04. The van der Waals surface area contributed by atoms with E-state index in [-0.39, 0.29) is 0 Å². The number of hydrogen-bond acceptors (Lipinski definition) is 3. The van der Waals surface area contributed by atoms with Gasteiger partial charge in [0.2, 0.25) is 5.89 Å². The van der Waals surface area contributed by atoms with Gasteiger partial charge in [-0.15, -0.1) is 0 Å². The molecular weight excluding hydrogens is 356 g/mol. The molecular formula is C23H19ClN2O. The van der Waals surface area contributed by atoms with Crippen LogP contribution in [0.3, 0.4) is 0 Å². The van der Waals surface area contributed by atoms with Crippen molar-refractivity contribution < 1.29 is 4.42 Å². The average molecular weight is 375 g/mol. The number of nitrogens with zero attached hydrogens (tertiary/aromatic N) is 2. The molecule has 27 heavy (non-hydrogen) atoms. The molecule has 0 bridgehead atoms. The summed E-state index contributed by atoms with van der Waals surface area (Å²) >= 11 is 6.45. The summed E-state index contributed by atoms with van der Waals surface area (Å²) in [5.41, 5.74) is 4.63. The number of benzene rings is 3. The van der Waals surface area contributed by atoms with E-state index in [1.54, 1.807) is 0 Å². The number of rotatable bonds is 4. The molecule has 0 radical (unpaired) electrons. The molecule has 0 saturated carbocycles. The summed E-state index contributed by atoms with van der Waals surface area (Å²) in [5, 5.41) is 0.650. The Bertz CT molecular complexity index is 1050. The van der Waals surface area contributed by atoms with Gasteiger partial charge in [-0.25, -0.2) is 4.98 Å². The molecule has 4 aromatic rings. The second kappa shape index (κ2) is 7.29. The van der Waals surface area contributed by atoms with Crippen molar-refractivity contribution in [3.8, 4) is 34.0 Å². The first kappa shape index (κ1) is 17.4. The highest BCUT2D eigenvalue weighted by atomic mass is 35.5. The third kappa shape index (κ3) is 3.46.